The Morgan fingerprint density at radius 2 is 2.09 bits per heavy atom. The summed E-state index contributed by atoms with van der Waals surface area (Å²) in [5, 5.41) is 0. The van der Waals surface area contributed by atoms with Gasteiger partial charge in [0.05, 0.1) is 24.3 Å². The highest BCUT2D eigenvalue weighted by Gasteiger charge is 2.50. The topological polar surface area (TPSA) is 59.8 Å². The third-order valence-electron chi connectivity index (χ3n) is 5.67. The fourth-order valence-corrected chi connectivity index (χ4v) is 4.12. The van der Waals surface area contributed by atoms with Gasteiger partial charge in [0.25, 0.3) is 5.91 Å². The first-order valence-electron chi connectivity index (χ1n) is 8.57. The van der Waals surface area contributed by atoms with Crippen LogP contribution in [0.1, 0.15) is 64.8 Å². The minimum atomic E-state index is -0.251. The van der Waals surface area contributed by atoms with Crippen molar-refractivity contribution in [1.82, 2.24) is 4.90 Å². The summed E-state index contributed by atoms with van der Waals surface area (Å²) in [6.45, 7) is 5.69. The minimum Gasteiger partial charge on any atom is -0.455 e. The molecule has 0 spiro atoms. The SMILES string of the molecule is Cc1c(C(=O)N2CCOCC2(C)C2CC2)oc2c1C(=O)CCC2. The molecule has 0 N–H and O–H groups in total. The number of carbonyl (C=O) groups is 2. The molecule has 4 rings (SSSR count). The summed E-state index contributed by atoms with van der Waals surface area (Å²) in [4.78, 5) is 27.2. The maximum absolute atomic E-state index is 13.2. The molecule has 1 aliphatic heterocycles. The molecule has 2 fully saturated rings. The first-order chi connectivity index (χ1) is 11.0. The molecule has 1 amide bonds. The first kappa shape index (κ1) is 14.9. The Morgan fingerprint density at radius 3 is 2.78 bits per heavy atom. The highest BCUT2D eigenvalue weighted by Crippen LogP contribution is 2.45. The number of hydrogen-bond donors (Lipinski definition) is 0. The standard InChI is InChI=1S/C18H23NO4/c1-11-15-13(20)4-3-5-14(15)23-16(11)17(21)19-8-9-22-10-18(19,2)12-6-7-12/h12H,3-10H2,1-2H3. The van der Waals surface area contributed by atoms with Crippen LogP contribution in [0.4, 0.5) is 0 Å². The van der Waals surface area contributed by atoms with Crippen LogP contribution in [-0.4, -0.2) is 41.9 Å². The van der Waals surface area contributed by atoms with Gasteiger partial charge < -0.3 is 14.1 Å². The van der Waals surface area contributed by atoms with Crippen molar-refractivity contribution in [3.63, 3.8) is 0 Å². The normalized spacial score (nSPS) is 27.9. The molecule has 0 bridgehead atoms. The zero-order valence-corrected chi connectivity index (χ0v) is 13.8. The predicted molar refractivity (Wildman–Crippen MR) is 83.7 cm³/mol. The molecule has 23 heavy (non-hydrogen) atoms. The fourth-order valence-electron chi connectivity index (χ4n) is 4.12. The van der Waals surface area contributed by atoms with Gasteiger partial charge in [-0.15, -0.1) is 0 Å². The van der Waals surface area contributed by atoms with E-state index in [-0.39, 0.29) is 17.2 Å². The van der Waals surface area contributed by atoms with E-state index in [1.165, 1.54) is 0 Å². The Kier molecular flexibility index (Phi) is 3.38. The summed E-state index contributed by atoms with van der Waals surface area (Å²) in [5.41, 5.74) is 1.12. The predicted octanol–water partition coefficient (Wildman–Crippen LogP) is 2.75. The van der Waals surface area contributed by atoms with Crippen molar-refractivity contribution in [3.05, 3.63) is 22.6 Å². The quantitative estimate of drug-likeness (QED) is 0.841. The maximum Gasteiger partial charge on any atom is 0.290 e. The van der Waals surface area contributed by atoms with E-state index in [0.717, 1.165) is 31.2 Å². The molecule has 1 aromatic rings. The summed E-state index contributed by atoms with van der Waals surface area (Å²) in [6.07, 6.45) is 4.41. The van der Waals surface area contributed by atoms with Crippen LogP contribution in [0.3, 0.4) is 0 Å². The second-order valence-electron chi connectivity index (χ2n) is 7.27. The van der Waals surface area contributed by atoms with E-state index in [2.05, 4.69) is 6.92 Å². The van der Waals surface area contributed by atoms with Crippen LogP contribution >= 0.6 is 0 Å². The molecule has 1 aromatic heterocycles. The largest absolute Gasteiger partial charge is 0.455 e. The lowest BCUT2D eigenvalue weighted by atomic mass is 9.91. The lowest BCUT2D eigenvalue weighted by molar-refractivity contribution is -0.0559. The first-order valence-corrected chi connectivity index (χ1v) is 8.57. The molecule has 1 unspecified atom stereocenters. The van der Waals surface area contributed by atoms with Gasteiger partial charge in [-0.1, -0.05) is 0 Å². The Bertz CT molecular complexity index is 673. The number of ether oxygens (including phenoxy) is 1. The Hall–Kier alpha value is -1.62. The zero-order valence-electron chi connectivity index (χ0n) is 13.8. The highest BCUT2D eigenvalue weighted by molar-refractivity contribution is 6.03. The van der Waals surface area contributed by atoms with E-state index < -0.39 is 0 Å². The number of rotatable bonds is 2. The molecule has 124 valence electrons. The zero-order chi connectivity index (χ0) is 16.2. The van der Waals surface area contributed by atoms with E-state index in [9.17, 15) is 9.59 Å². The molecule has 5 nitrogen and oxygen atoms in total. The van der Waals surface area contributed by atoms with Crippen LogP contribution in [0.2, 0.25) is 0 Å². The van der Waals surface area contributed by atoms with Crippen molar-refractivity contribution in [2.24, 2.45) is 5.92 Å². The van der Waals surface area contributed by atoms with Crippen molar-refractivity contribution < 1.29 is 18.7 Å². The van der Waals surface area contributed by atoms with E-state index in [0.29, 0.717) is 49.2 Å². The number of hydrogen-bond acceptors (Lipinski definition) is 4. The molecular formula is C18H23NO4. The molecule has 1 atom stereocenters. The second-order valence-corrected chi connectivity index (χ2v) is 7.27. The van der Waals surface area contributed by atoms with E-state index in [1.54, 1.807) is 0 Å². The van der Waals surface area contributed by atoms with Crippen molar-refractivity contribution in [3.8, 4) is 0 Å². The van der Waals surface area contributed by atoms with Crippen molar-refractivity contribution >= 4 is 11.7 Å². The maximum atomic E-state index is 13.2. The van der Waals surface area contributed by atoms with Gasteiger partial charge in [0.1, 0.15) is 5.76 Å². The van der Waals surface area contributed by atoms with Crippen LogP contribution in [0.5, 0.6) is 0 Å². The summed E-state index contributed by atoms with van der Waals surface area (Å²) < 4.78 is 11.5. The lowest BCUT2D eigenvalue weighted by Crippen LogP contribution is -2.58. The van der Waals surface area contributed by atoms with Gasteiger partial charge in [0, 0.05) is 24.9 Å². The highest BCUT2D eigenvalue weighted by atomic mass is 16.5. The monoisotopic (exact) mass is 317 g/mol. The van der Waals surface area contributed by atoms with Gasteiger partial charge in [-0.25, -0.2) is 0 Å². The summed E-state index contributed by atoms with van der Waals surface area (Å²) in [6, 6.07) is 0. The molecule has 1 saturated carbocycles. The summed E-state index contributed by atoms with van der Waals surface area (Å²) in [5.74, 6) is 1.60. The average molecular weight is 317 g/mol. The second kappa shape index (κ2) is 5.20. The molecule has 5 heteroatoms. The van der Waals surface area contributed by atoms with Gasteiger partial charge in [0.15, 0.2) is 11.5 Å². The van der Waals surface area contributed by atoms with E-state index in [1.807, 2.05) is 11.8 Å². The Morgan fingerprint density at radius 1 is 1.30 bits per heavy atom. The number of Topliss-reactive ketones (excluding diaryl/α,β-unsaturated/α-hetero) is 1. The smallest absolute Gasteiger partial charge is 0.290 e. The van der Waals surface area contributed by atoms with Gasteiger partial charge in [0.2, 0.25) is 0 Å². The third-order valence-corrected chi connectivity index (χ3v) is 5.67. The number of carbonyl (C=O) groups excluding carboxylic acids is 2. The molecule has 0 aromatic carbocycles. The molecular weight excluding hydrogens is 294 g/mol. The van der Waals surface area contributed by atoms with E-state index in [4.69, 9.17) is 9.15 Å². The lowest BCUT2D eigenvalue weighted by Gasteiger charge is -2.44. The Balaban J connectivity index is 1.70. The number of nitrogens with zero attached hydrogens (tertiary/aromatic N) is 1. The van der Waals surface area contributed by atoms with Gasteiger partial charge in [-0.05, 0) is 39.0 Å². The number of morpholine rings is 1. The van der Waals surface area contributed by atoms with Gasteiger partial charge in [-0.3, -0.25) is 9.59 Å². The summed E-state index contributed by atoms with van der Waals surface area (Å²) in [7, 11) is 0. The van der Waals surface area contributed by atoms with Crippen LogP contribution in [0.25, 0.3) is 0 Å². The minimum absolute atomic E-state index is 0.0811. The molecule has 2 heterocycles. The van der Waals surface area contributed by atoms with Crippen LogP contribution in [0.15, 0.2) is 4.42 Å². The number of amides is 1. The van der Waals surface area contributed by atoms with Gasteiger partial charge in [-0.2, -0.15) is 0 Å². The van der Waals surface area contributed by atoms with Gasteiger partial charge >= 0.3 is 0 Å². The molecule has 0 radical (unpaired) electrons. The van der Waals surface area contributed by atoms with Crippen LogP contribution < -0.4 is 0 Å². The van der Waals surface area contributed by atoms with Crippen LogP contribution in [0, 0.1) is 12.8 Å². The van der Waals surface area contributed by atoms with Crippen molar-refractivity contribution in [1.29, 1.82) is 0 Å². The third kappa shape index (κ3) is 2.24. The summed E-state index contributed by atoms with van der Waals surface area (Å²) >= 11 is 0. The fraction of sp³-hybridized carbons (Fsp3) is 0.667. The number of aryl methyl sites for hydroxylation is 1. The molecule has 2 aliphatic carbocycles. The van der Waals surface area contributed by atoms with Crippen molar-refractivity contribution in [2.75, 3.05) is 19.8 Å². The number of fused-ring (bicyclic) bond motifs is 1. The number of ketones is 1. The molecule has 1 saturated heterocycles. The number of furan rings is 1. The van der Waals surface area contributed by atoms with E-state index >= 15 is 0 Å². The Labute approximate surface area is 136 Å². The molecule has 3 aliphatic rings. The van der Waals surface area contributed by atoms with Crippen LogP contribution in [-0.2, 0) is 11.2 Å². The average Bonchev–Trinajstić information content (AvgIpc) is 3.33. The van der Waals surface area contributed by atoms with Crippen molar-refractivity contribution in [2.45, 2.75) is 51.5 Å².